The van der Waals surface area contributed by atoms with Crippen molar-refractivity contribution in [1.29, 1.82) is 0 Å². The number of hydrogen-bond donors (Lipinski definition) is 1. The highest BCUT2D eigenvalue weighted by molar-refractivity contribution is 5.96. The second-order valence-electron chi connectivity index (χ2n) is 9.13. The number of aryl methyl sites for hydroxylation is 1. The van der Waals surface area contributed by atoms with Crippen LogP contribution in [0.4, 0.5) is 16.0 Å². The van der Waals surface area contributed by atoms with Gasteiger partial charge in [0.2, 0.25) is 12.2 Å². The lowest BCUT2D eigenvalue weighted by Gasteiger charge is -2.60. The Bertz CT molecular complexity index is 1010. The molecule has 9 heteroatoms. The molecule has 4 bridgehead atoms. The molecule has 0 radical (unpaired) electrons. The van der Waals surface area contributed by atoms with Crippen LogP contribution in [0.1, 0.15) is 44.1 Å². The van der Waals surface area contributed by atoms with Crippen molar-refractivity contribution >= 4 is 17.5 Å². The van der Waals surface area contributed by atoms with Crippen LogP contribution in [0, 0.1) is 40.1 Å². The first-order chi connectivity index (χ1) is 13.8. The van der Waals surface area contributed by atoms with Gasteiger partial charge in [-0.15, -0.1) is 0 Å². The van der Waals surface area contributed by atoms with Gasteiger partial charge in [-0.05, 0) is 79.9 Å². The van der Waals surface area contributed by atoms with Gasteiger partial charge in [0.15, 0.2) is 0 Å². The number of nitrogens with one attached hydrogen (secondary N) is 1. The Morgan fingerprint density at radius 2 is 2.03 bits per heavy atom. The van der Waals surface area contributed by atoms with Gasteiger partial charge in [-0.2, -0.15) is 4.68 Å². The summed E-state index contributed by atoms with van der Waals surface area (Å²) in [5, 5.41) is 18.1. The molecule has 1 aromatic heterocycles. The number of halogens is 1. The standard InChI is InChI=1S/C20H22FN5O3/c1-12-2-3-15(21)5-16(12)23-17(27)19-6-13-4-14(7-19)9-20(8-13,10-19)25-11-22-18(24-25)26(28)29/h2-3,5,11,13-14H,4,6-10H2,1H3,(H,23,27)/t13-,14-,19?,20?/m0/s1. The highest BCUT2D eigenvalue weighted by Gasteiger charge is 2.62. The van der Waals surface area contributed by atoms with Gasteiger partial charge < -0.3 is 15.4 Å². The number of anilines is 1. The van der Waals surface area contributed by atoms with E-state index in [0.717, 1.165) is 37.7 Å². The normalized spacial score (nSPS) is 32.3. The molecule has 4 fully saturated rings. The number of aromatic nitrogens is 3. The Hall–Kier alpha value is -2.84. The van der Waals surface area contributed by atoms with Crippen LogP contribution in [0.2, 0.25) is 0 Å². The average Bonchev–Trinajstić information content (AvgIpc) is 3.15. The summed E-state index contributed by atoms with van der Waals surface area (Å²) in [6, 6.07) is 4.38. The van der Waals surface area contributed by atoms with Crippen LogP contribution in [0.3, 0.4) is 0 Å². The molecule has 0 aliphatic heterocycles. The Kier molecular flexibility index (Phi) is 3.81. The molecule has 2 atom stereocenters. The molecule has 2 aromatic rings. The van der Waals surface area contributed by atoms with Gasteiger partial charge >= 0.3 is 5.95 Å². The fourth-order valence-electron chi connectivity index (χ4n) is 6.30. The summed E-state index contributed by atoms with van der Waals surface area (Å²) in [7, 11) is 0. The number of nitro groups is 1. The van der Waals surface area contributed by atoms with Crippen LogP contribution in [-0.4, -0.2) is 25.6 Å². The Balaban J connectivity index is 1.48. The zero-order valence-corrected chi connectivity index (χ0v) is 16.1. The van der Waals surface area contributed by atoms with Crippen molar-refractivity contribution in [2.24, 2.45) is 17.3 Å². The first-order valence-electron chi connectivity index (χ1n) is 9.93. The molecule has 4 saturated carbocycles. The average molecular weight is 399 g/mol. The van der Waals surface area contributed by atoms with E-state index in [1.807, 2.05) is 6.92 Å². The van der Waals surface area contributed by atoms with Gasteiger partial charge in [0.25, 0.3) is 0 Å². The molecule has 1 heterocycles. The topological polar surface area (TPSA) is 103 Å². The first-order valence-corrected chi connectivity index (χ1v) is 9.93. The maximum atomic E-state index is 13.7. The van der Waals surface area contributed by atoms with Crippen LogP contribution in [0.25, 0.3) is 0 Å². The number of rotatable bonds is 4. The van der Waals surface area contributed by atoms with Crippen molar-refractivity contribution in [2.45, 2.75) is 51.0 Å². The molecular weight excluding hydrogens is 377 g/mol. The van der Waals surface area contributed by atoms with Gasteiger partial charge in [-0.25, -0.2) is 4.39 Å². The quantitative estimate of drug-likeness (QED) is 0.625. The fourth-order valence-corrected chi connectivity index (χ4v) is 6.30. The van der Waals surface area contributed by atoms with Crippen LogP contribution in [0.15, 0.2) is 24.5 Å². The number of carbonyl (C=O) groups excluding carboxylic acids is 1. The van der Waals surface area contributed by atoms with E-state index >= 15 is 0 Å². The van der Waals surface area contributed by atoms with Gasteiger partial charge in [-0.3, -0.25) is 4.79 Å². The van der Waals surface area contributed by atoms with Crippen LogP contribution >= 0.6 is 0 Å². The summed E-state index contributed by atoms with van der Waals surface area (Å²) in [5.74, 6) is -0.130. The van der Waals surface area contributed by atoms with E-state index in [4.69, 9.17) is 0 Å². The van der Waals surface area contributed by atoms with E-state index in [1.165, 1.54) is 18.5 Å². The summed E-state index contributed by atoms with van der Waals surface area (Å²) in [6.45, 7) is 1.84. The molecule has 1 aromatic carbocycles. The molecule has 0 saturated heterocycles. The van der Waals surface area contributed by atoms with Crippen LogP contribution < -0.4 is 5.32 Å². The lowest BCUT2D eigenvalue weighted by Crippen LogP contribution is -2.60. The minimum Gasteiger partial charge on any atom is -0.390 e. The zero-order valence-electron chi connectivity index (χ0n) is 16.1. The van der Waals surface area contributed by atoms with E-state index in [0.29, 0.717) is 23.9 Å². The molecule has 0 unspecified atom stereocenters. The third-order valence-electron chi connectivity index (χ3n) is 7.09. The van der Waals surface area contributed by atoms with Crippen molar-refractivity contribution in [3.05, 3.63) is 46.0 Å². The van der Waals surface area contributed by atoms with Crippen molar-refractivity contribution in [3.63, 3.8) is 0 Å². The van der Waals surface area contributed by atoms with Crippen molar-refractivity contribution < 1.29 is 14.1 Å². The molecule has 0 spiro atoms. The van der Waals surface area contributed by atoms with Crippen LogP contribution in [-0.2, 0) is 10.3 Å². The summed E-state index contributed by atoms with van der Waals surface area (Å²) in [4.78, 5) is 27.7. The molecule has 152 valence electrons. The predicted molar refractivity (Wildman–Crippen MR) is 102 cm³/mol. The van der Waals surface area contributed by atoms with Crippen molar-refractivity contribution in [3.8, 4) is 0 Å². The Labute approximate surface area is 166 Å². The molecule has 6 rings (SSSR count). The number of hydrogen-bond acceptors (Lipinski definition) is 5. The third-order valence-corrected chi connectivity index (χ3v) is 7.09. The minimum absolute atomic E-state index is 0.0840. The van der Waals surface area contributed by atoms with Gasteiger partial charge in [-0.1, -0.05) is 11.1 Å². The first kappa shape index (κ1) is 18.2. The van der Waals surface area contributed by atoms with Crippen LogP contribution in [0.5, 0.6) is 0 Å². The molecule has 4 aliphatic carbocycles. The number of benzene rings is 1. The van der Waals surface area contributed by atoms with Crippen molar-refractivity contribution in [2.75, 3.05) is 5.32 Å². The summed E-state index contributed by atoms with van der Waals surface area (Å²) in [6.07, 6.45) is 6.40. The predicted octanol–water partition coefficient (Wildman–Crippen LogP) is 3.57. The Morgan fingerprint density at radius 3 is 2.69 bits per heavy atom. The van der Waals surface area contributed by atoms with Crippen molar-refractivity contribution in [1.82, 2.24) is 14.8 Å². The number of nitrogens with zero attached hydrogens (tertiary/aromatic N) is 4. The largest absolute Gasteiger partial charge is 0.490 e. The summed E-state index contributed by atoms with van der Waals surface area (Å²) < 4.78 is 15.3. The van der Waals surface area contributed by atoms with Gasteiger partial charge in [0, 0.05) is 10.8 Å². The Morgan fingerprint density at radius 1 is 1.31 bits per heavy atom. The summed E-state index contributed by atoms with van der Waals surface area (Å²) >= 11 is 0. The third kappa shape index (κ3) is 2.82. The monoisotopic (exact) mass is 399 g/mol. The maximum Gasteiger partial charge on any atom is 0.490 e. The van der Waals surface area contributed by atoms with E-state index in [1.54, 1.807) is 10.7 Å². The molecule has 8 nitrogen and oxygen atoms in total. The van der Waals surface area contributed by atoms with E-state index in [2.05, 4.69) is 15.4 Å². The fraction of sp³-hybridized carbons (Fsp3) is 0.550. The van der Waals surface area contributed by atoms with E-state index < -0.39 is 21.8 Å². The SMILES string of the molecule is Cc1ccc(F)cc1NC(=O)C12C[C@@H]3C[C@@H](C1)CC(n1cnc([N+](=O)[O-])n1)(C3)C2. The lowest BCUT2D eigenvalue weighted by molar-refractivity contribution is -0.394. The second-order valence-corrected chi connectivity index (χ2v) is 9.13. The summed E-state index contributed by atoms with van der Waals surface area (Å²) in [5.41, 5.74) is 0.325. The highest BCUT2D eigenvalue weighted by atomic mass is 19.1. The maximum absolute atomic E-state index is 13.7. The second kappa shape index (κ2) is 6.08. The van der Waals surface area contributed by atoms with E-state index in [9.17, 15) is 19.3 Å². The smallest absolute Gasteiger partial charge is 0.390 e. The van der Waals surface area contributed by atoms with Gasteiger partial charge in [0.1, 0.15) is 5.82 Å². The lowest BCUT2D eigenvalue weighted by atomic mass is 9.46. The van der Waals surface area contributed by atoms with E-state index in [-0.39, 0.29) is 11.7 Å². The zero-order chi connectivity index (χ0) is 20.4. The highest BCUT2D eigenvalue weighted by Crippen LogP contribution is 2.64. The number of amides is 1. The van der Waals surface area contributed by atoms with Gasteiger partial charge in [0.05, 0.1) is 11.0 Å². The molecule has 4 aliphatic rings. The molecule has 1 amide bonds. The molecule has 1 N–H and O–H groups in total. The number of carbonyl (C=O) groups is 1. The molecular formula is C20H22FN5O3. The molecule has 29 heavy (non-hydrogen) atoms. The minimum atomic E-state index is -0.591.